The normalized spacial score (nSPS) is 11.1. The van der Waals surface area contributed by atoms with Crippen LogP contribution in [0, 0.1) is 0 Å². The summed E-state index contributed by atoms with van der Waals surface area (Å²) in [4.78, 5) is 21.5. The van der Waals surface area contributed by atoms with E-state index in [1.807, 2.05) is 48.5 Å². The van der Waals surface area contributed by atoms with Gasteiger partial charge < -0.3 is 5.11 Å². The number of carboxylic acid groups (broad SMARTS) is 1. The number of pyridine rings is 2. The first-order valence-electron chi connectivity index (χ1n) is 6.71. The molecule has 5 heteroatoms. The third-order valence-corrected chi connectivity index (χ3v) is 4.62. The number of aromatic nitrogens is 2. The van der Waals surface area contributed by atoms with Gasteiger partial charge in [-0.05, 0) is 24.3 Å². The Hall–Kier alpha value is -2.79. The third kappa shape index (κ3) is 1.95. The van der Waals surface area contributed by atoms with E-state index in [0.29, 0.717) is 16.1 Å². The van der Waals surface area contributed by atoms with Crippen LogP contribution in [-0.2, 0) is 0 Å². The largest absolute Gasteiger partial charge is 0.477 e. The lowest BCUT2D eigenvalue weighted by Crippen LogP contribution is -1.96. The zero-order valence-corrected chi connectivity index (χ0v) is 12.2. The van der Waals surface area contributed by atoms with Gasteiger partial charge in [-0.15, -0.1) is 11.3 Å². The molecule has 0 aliphatic heterocycles. The fourth-order valence-electron chi connectivity index (χ4n) is 2.54. The first-order chi connectivity index (χ1) is 10.7. The minimum absolute atomic E-state index is 0.275. The second-order valence-electron chi connectivity index (χ2n) is 4.86. The van der Waals surface area contributed by atoms with E-state index < -0.39 is 5.97 Å². The molecule has 3 aromatic heterocycles. The Kier molecular flexibility index (Phi) is 2.87. The Morgan fingerprint density at radius 3 is 2.77 bits per heavy atom. The highest BCUT2D eigenvalue weighted by Crippen LogP contribution is 2.37. The topological polar surface area (TPSA) is 63.1 Å². The number of nitrogens with zero attached hydrogens (tertiary/aromatic N) is 2. The monoisotopic (exact) mass is 306 g/mol. The number of carboxylic acids is 1. The lowest BCUT2D eigenvalue weighted by molar-refractivity contribution is 0.0703. The number of hydrogen-bond donors (Lipinski definition) is 1. The molecule has 3 heterocycles. The smallest absolute Gasteiger partial charge is 0.346 e. The van der Waals surface area contributed by atoms with Gasteiger partial charge in [-0.25, -0.2) is 14.8 Å². The molecule has 0 radical (unpaired) electrons. The Morgan fingerprint density at radius 1 is 1.05 bits per heavy atom. The van der Waals surface area contributed by atoms with Crippen LogP contribution in [0.3, 0.4) is 0 Å². The maximum atomic E-state index is 11.6. The van der Waals surface area contributed by atoms with Crippen LogP contribution in [0.5, 0.6) is 0 Å². The maximum absolute atomic E-state index is 11.6. The van der Waals surface area contributed by atoms with E-state index in [9.17, 15) is 9.90 Å². The number of benzene rings is 1. The molecule has 0 amide bonds. The van der Waals surface area contributed by atoms with Crippen molar-refractivity contribution < 1.29 is 9.90 Å². The van der Waals surface area contributed by atoms with Gasteiger partial charge in [0.1, 0.15) is 9.71 Å². The van der Waals surface area contributed by atoms with Crippen LogP contribution in [-0.4, -0.2) is 21.0 Å². The SMILES string of the molecule is O=C(O)c1sc2ncccc2c1-c1ccc2ccccc2n1. The Labute approximate surface area is 129 Å². The Bertz CT molecular complexity index is 1020. The van der Waals surface area contributed by atoms with Gasteiger partial charge in [0, 0.05) is 22.5 Å². The predicted molar refractivity (Wildman–Crippen MR) is 87.3 cm³/mol. The minimum Gasteiger partial charge on any atom is -0.477 e. The summed E-state index contributed by atoms with van der Waals surface area (Å²) in [5, 5.41) is 11.4. The van der Waals surface area contributed by atoms with Crippen molar-refractivity contribution >= 4 is 38.4 Å². The van der Waals surface area contributed by atoms with Crippen molar-refractivity contribution in [3.63, 3.8) is 0 Å². The third-order valence-electron chi connectivity index (χ3n) is 3.52. The van der Waals surface area contributed by atoms with Crippen molar-refractivity contribution in [1.29, 1.82) is 0 Å². The van der Waals surface area contributed by atoms with Gasteiger partial charge in [-0.1, -0.05) is 24.3 Å². The molecule has 1 N–H and O–H groups in total. The molecule has 0 unspecified atom stereocenters. The molecule has 0 aliphatic rings. The molecule has 1 aromatic carbocycles. The standard InChI is InChI=1S/C17H10N2O2S/c20-17(21)15-14(11-5-3-9-18-16(11)22-15)13-8-7-10-4-1-2-6-12(10)19-13/h1-9H,(H,20,21). The molecule has 0 saturated heterocycles. The highest BCUT2D eigenvalue weighted by Gasteiger charge is 2.20. The first-order valence-corrected chi connectivity index (χ1v) is 7.52. The number of para-hydroxylation sites is 1. The fourth-order valence-corrected chi connectivity index (χ4v) is 3.53. The van der Waals surface area contributed by atoms with Gasteiger partial charge in [0.15, 0.2) is 0 Å². The molecule has 0 bridgehead atoms. The van der Waals surface area contributed by atoms with Crippen LogP contribution in [0.2, 0.25) is 0 Å². The lowest BCUT2D eigenvalue weighted by Gasteiger charge is -2.04. The second-order valence-corrected chi connectivity index (χ2v) is 5.86. The van der Waals surface area contributed by atoms with Gasteiger partial charge in [-0.3, -0.25) is 0 Å². The molecule has 4 nitrogen and oxygen atoms in total. The number of fused-ring (bicyclic) bond motifs is 2. The maximum Gasteiger partial charge on any atom is 0.346 e. The average molecular weight is 306 g/mol. The quantitative estimate of drug-likeness (QED) is 0.602. The van der Waals surface area contributed by atoms with E-state index in [4.69, 9.17) is 0 Å². The van der Waals surface area contributed by atoms with E-state index in [0.717, 1.165) is 16.3 Å². The summed E-state index contributed by atoms with van der Waals surface area (Å²) in [5.41, 5.74) is 2.15. The molecule has 0 fully saturated rings. The summed E-state index contributed by atoms with van der Waals surface area (Å²) in [6, 6.07) is 15.3. The summed E-state index contributed by atoms with van der Waals surface area (Å²) in [6.45, 7) is 0. The number of hydrogen-bond acceptors (Lipinski definition) is 4. The number of aromatic carboxylic acids is 1. The van der Waals surface area contributed by atoms with Crippen LogP contribution in [0.25, 0.3) is 32.4 Å². The molecule has 106 valence electrons. The molecular formula is C17H10N2O2S. The predicted octanol–water partition coefficient (Wildman–Crippen LogP) is 4.21. The highest BCUT2D eigenvalue weighted by atomic mass is 32.1. The molecule has 4 aromatic rings. The van der Waals surface area contributed by atoms with Crippen molar-refractivity contribution in [2.45, 2.75) is 0 Å². The average Bonchev–Trinajstić information content (AvgIpc) is 2.94. The summed E-state index contributed by atoms with van der Waals surface area (Å²) in [6.07, 6.45) is 1.67. The van der Waals surface area contributed by atoms with Crippen molar-refractivity contribution in [1.82, 2.24) is 9.97 Å². The van der Waals surface area contributed by atoms with E-state index in [1.54, 1.807) is 6.20 Å². The highest BCUT2D eigenvalue weighted by molar-refractivity contribution is 7.21. The second kappa shape index (κ2) is 4.89. The number of carbonyl (C=O) groups is 1. The minimum atomic E-state index is -0.951. The van der Waals surface area contributed by atoms with Gasteiger partial charge in [0.25, 0.3) is 0 Å². The van der Waals surface area contributed by atoms with Crippen LogP contribution >= 0.6 is 11.3 Å². The summed E-state index contributed by atoms with van der Waals surface area (Å²) < 4.78 is 0. The van der Waals surface area contributed by atoms with E-state index >= 15 is 0 Å². The first kappa shape index (κ1) is 12.9. The van der Waals surface area contributed by atoms with Gasteiger partial charge in [-0.2, -0.15) is 0 Å². The Morgan fingerprint density at radius 2 is 1.91 bits per heavy atom. The van der Waals surface area contributed by atoms with Crippen molar-refractivity contribution in [2.24, 2.45) is 0 Å². The van der Waals surface area contributed by atoms with Crippen LogP contribution in [0.1, 0.15) is 9.67 Å². The summed E-state index contributed by atoms with van der Waals surface area (Å²) in [5.74, 6) is -0.951. The molecule has 0 spiro atoms. The Balaban J connectivity index is 2.06. The zero-order chi connectivity index (χ0) is 15.1. The van der Waals surface area contributed by atoms with Crippen molar-refractivity contribution in [2.75, 3.05) is 0 Å². The zero-order valence-electron chi connectivity index (χ0n) is 11.4. The molecule has 22 heavy (non-hydrogen) atoms. The van der Waals surface area contributed by atoms with Crippen molar-refractivity contribution in [3.05, 3.63) is 59.6 Å². The molecular weight excluding hydrogens is 296 g/mol. The van der Waals surface area contributed by atoms with Crippen molar-refractivity contribution in [3.8, 4) is 11.3 Å². The van der Waals surface area contributed by atoms with E-state index in [-0.39, 0.29) is 4.88 Å². The van der Waals surface area contributed by atoms with Crippen LogP contribution < -0.4 is 0 Å². The van der Waals surface area contributed by atoms with Crippen LogP contribution in [0.15, 0.2) is 54.7 Å². The lowest BCUT2D eigenvalue weighted by atomic mass is 10.1. The van der Waals surface area contributed by atoms with Gasteiger partial charge >= 0.3 is 5.97 Å². The molecule has 0 atom stereocenters. The summed E-state index contributed by atoms with van der Waals surface area (Å²) in [7, 11) is 0. The van der Waals surface area contributed by atoms with E-state index in [1.165, 1.54) is 11.3 Å². The van der Waals surface area contributed by atoms with Gasteiger partial charge in [0.05, 0.1) is 11.2 Å². The van der Waals surface area contributed by atoms with E-state index in [2.05, 4.69) is 9.97 Å². The molecule has 4 rings (SSSR count). The fraction of sp³-hybridized carbons (Fsp3) is 0. The molecule has 0 aliphatic carbocycles. The molecule has 0 saturated carbocycles. The van der Waals surface area contributed by atoms with Gasteiger partial charge in [0.2, 0.25) is 0 Å². The number of thiophene rings is 1. The number of rotatable bonds is 2. The summed E-state index contributed by atoms with van der Waals surface area (Å²) >= 11 is 1.18. The van der Waals surface area contributed by atoms with Crippen LogP contribution in [0.4, 0.5) is 0 Å².